The molecule has 4 rings (SSSR count). The molecule has 1 aromatic heterocycles. The fourth-order valence-corrected chi connectivity index (χ4v) is 3.58. The molecule has 27 heavy (non-hydrogen) atoms. The van der Waals surface area contributed by atoms with Gasteiger partial charge in [-0.05, 0) is 25.5 Å². The second-order valence-electron chi connectivity index (χ2n) is 7.35. The number of ether oxygens (including phenoxy) is 1. The number of fused-ring (bicyclic) bond motifs is 1. The van der Waals surface area contributed by atoms with Crippen LogP contribution < -0.4 is 15.8 Å². The minimum Gasteiger partial charge on any atom is -0.487 e. The van der Waals surface area contributed by atoms with E-state index in [0.29, 0.717) is 23.5 Å². The largest absolute Gasteiger partial charge is 0.487 e. The van der Waals surface area contributed by atoms with Crippen molar-refractivity contribution >= 4 is 11.7 Å². The van der Waals surface area contributed by atoms with E-state index < -0.39 is 0 Å². The van der Waals surface area contributed by atoms with Crippen LogP contribution in [0.4, 0.5) is 5.82 Å². The summed E-state index contributed by atoms with van der Waals surface area (Å²) in [7, 11) is 0. The van der Waals surface area contributed by atoms with Crippen molar-refractivity contribution < 1.29 is 9.53 Å². The minimum atomic E-state index is -0.373. The molecule has 0 bridgehead atoms. The fraction of sp³-hybridized carbons (Fsp3) is 0.238. The number of carbonyl (C=O) groups is 1. The highest BCUT2D eigenvalue weighted by atomic mass is 16.5. The highest BCUT2D eigenvalue weighted by Crippen LogP contribution is 2.39. The minimum absolute atomic E-state index is 0.161. The van der Waals surface area contributed by atoms with E-state index in [-0.39, 0.29) is 17.6 Å². The van der Waals surface area contributed by atoms with Gasteiger partial charge in [-0.3, -0.25) is 9.89 Å². The second-order valence-corrected chi connectivity index (χ2v) is 7.35. The van der Waals surface area contributed by atoms with Crippen LogP contribution in [-0.4, -0.2) is 21.7 Å². The number of hydrogen-bond acceptors (Lipinski definition) is 4. The smallest absolute Gasteiger partial charge is 0.270 e. The lowest BCUT2D eigenvalue weighted by atomic mass is 9.89. The number of hydrogen-bond donors (Lipinski definition) is 3. The zero-order valence-electron chi connectivity index (χ0n) is 15.3. The first kappa shape index (κ1) is 17.1. The molecular weight excluding hydrogens is 340 g/mol. The summed E-state index contributed by atoms with van der Waals surface area (Å²) in [5.74, 6) is 0.862. The fourth-order valence-electron chi connectivity index (χ4n) is 3.58. The summed E-state index contributed by atoms with van der Waals surface area (Å²) in [5, 5.41) is 9.96. The van der Waals surface area contributed by atoms with Gasteiger partial charge in [0.05, 0.1) is 11.6 Å². The number of nitrogens with zero attached hydrogens (tertiary/aromatic N) is 1. The lowest BCUT2D eigenvalue weighted by Gasteiger charge is -2.37. The molecule has 0 saturated carbocycles. The van der Waals surface area contributed by atoms with Crippen molar-refractivity contribution in [2.75, 3.05) is 5.73 Å². The average Bonchev–Trinajstić information content (AvgIpc) is 3.03. The van der Waals surface area contributed by atoms with Crippen molar-refractivity contribution in [1.29, 1.82) is 0 Å². The zero-order valence-corrected chi connectivity index (χ0v) is 15.3. The third-order valence-electron chi connectivity index (χ3n) is 4.77. The highest BCUT2D eigenvalue weighted by molar-refractivity contribution is 6.01. The first-order chi connectivity index (χ1) is 12.9. The quantitative estimate of drug-likeness (QED) is 0.662. The Balaban J connectivity index is 1.66. The number of nitrogens with two attached hydrogens (primary N) is 1. The summed E-state index contributed by atoms with van der Waals surface area (Å²) < 4.78 is 6.04. The molecule has 138 valence electrons. The first-order valence-corrected chi connectivity index (χ1v) is 8.93. The van der Waals surface area contributed by atoms with Gasteiger partial charge in [-0.15, -0.1) is 0 Å². The van der Waals surface area contributed by atoms with E-state index in [1.165, 1.54) is 0 Å². The molecule has 0 unspecified atom stereocenters. The Labute approximate surface area is 157 Å². The van der Waals surface area contributed by atoms with Crippen molar-refractivity contribution in [1.82, 2.24) is 15.5 Å². The molecule has 2 heterocycles. The van der Waals surface area contributed by atoms with E-state index in [9.17, 15) is 4.79 Å². The second kappa shape index (κ2) is 6.46. The van der Waals surface area contributed by atoms with Gasteiger partial charge in [0.15, 0.2) is 5.82 Å². The van der Waals surface area contributed by atoms with Crippen LogP contribution >= 0.6 is 0 Å². The van der Waals surface area contributed by atoms with Crippen LogP contribution in [0.25, 0.3) is 11.1 Å². The normalized spacial score (nSPS) is 17.6. The molecule has 0 radical (unpaired) electrons. The van der Waals surface area contributed by atoms with Gasteiger partial charge in [-0.25, -0.2) is 0 Å². The summed E-state index contributed by atoms with van der Waals surface area (Å²) in [5.41, 5.74) is 8.45. The van der Waals surface area contributed by atoms with Crippen LogP contribution in [0.5, 0.6) is 5.75 Å². The Morgan fingerprint density at radius 2 is 1.89 bits per heavy atom. The van der Waals surface area contributed by atoms with Gasteiger partial charge >= 0.3 is 0 Å². The summed E-state index contributed by atoms with van der Waals surface area (Å²) in [6.07, 6.45) is 0.667. The number of rotatable bonds is 3. The maximum atomic E-state index is 13.1. The third-order valence-corrected chi connectivity index (χ3v) is 4.77. The van der Waals surface area contributed by atoms with Gasteiger partial charge < -0.3 is 15.8 Å². The number of para-hydroxylation sites is 1. The van der Waals surface area contributed by atoms with E-state index in [0.717, 1.165) is 16.9 Å². The number of H-pyrrole nitrogens is 1. The molecule has 2 aromatic carbocycles. The van der Waals surface area contributed by atoms with E-state index >= 15 is 0 Å². The first-order valence-electron chi connectivity index (χ1n) is 8.93. The molecule has 1 amide bonds. The van der Waals surface area contributed by atoms with Crippen molar-refractivity contribution in [3.05, 3.63) is 65.9 Å². The molecule has 0 saturated heterocycles. The maximum absolute atomic E-state index is 13.1. The summed E-state index contributed by atoms with van der Waals surface area (Å²) >= 11 is 0. The van der Waals surface area contributed by atoms with Gasteiger partial charge in [0.1, 0.15) is 17.0 Å². The van der Waals surface area contributed by atoms with Crippen LogP contribution in [0, 0.1) is 0 Å². The molecule has 3 aromatic rings. The molecule has 1 aliphatic rings. The predicted octanol–water partition coefficient (Wildman–Crippen LogP) is 3.69. The Morgan fingerprint density at radius 1 is 1.19 bits per heavy atom. The molecule has 0 spiro atoms. The number of nitrogens with one attached hydrogen (secondary N) is 2. The van der Waals surface area contributed by atoms with Gasteiger partial charge in [-0.2, -0.15) is 5.10 Å². The highest BCUT2D eigenvalue weighted by Gasteiger charge is 2.35. The molecule has 1 atom stereocenters. The monoisotopic (exact) mass is 362 g/mol. The van der Waals surface area contributed by atoms with Crippen LogP contribution in [0.2, 0.25) is 0 Å². The third kappa shape index (κ3) is 3.26. The molecule has 0 fully saturated rings. The number of nitrogen functional groups attached to an aromatic ring is 1. The molecule has 0 aliphatic carbocycles. The predicted molar refractivity (Wildman–Crippen MR) is 104 cm³/mol. The lowest BCUT2D eigenvalue weighted by Crippen LogP contribution is -2.41. The Kier molecular flexibility index (Phi) is 4.11. The molecule has 6 heteroatoms. The Morgan fingerprint density at radius 3 is 2.67 bits per heavy atom. The van der Waals surface area contributed by atoms with Crippen LogP contribution in [0.3, 0.4) is 0 Å². The van der Waals surface area contributed by atoms with E-state index in [2.05, 4.69) is 15.5 Å². The average molecular weight is 362 g/mol. The van der Waals surface area contributed by atoms with Gasteiger partial charge in [-0.1, -0.05) is 48.5 Å². The number of aromatic amines is 1. The van der Waals surface area contributed by atoms with Crippen molar-refractivity contribution in [2.24, 2.45) is 0 Å². The van der Waals surface area contributed by atoms with Gasteiger partial charge in [0.2, 0.25) is 0 Å². The summed E-state index contributed by atoms with van der Waals surface area (Å²) in [6.45, 7) is 4.04. The van der Waals surface area contributed by atoms with Crippen LogP contribution in [0.15, 0.2) is 54.6 Å². The van der Waals surface area contributed by atoms with Gasteiger partial charge in [0.25, 0.3) is 5.91 Å². The van der Waals surface area contributed by atoms with Crippen molar-refractivity contribution in [3.63, 3.8) is 0 Å². The van der Waals surface area contributed by atoms with Crippen LogP contribution in [-0.2, 0) is 0 Å². The van der Waals surface area contributed by atoms with Crippen molar-refractivity contribution in [2.45, 2.75) is 31.9 Å². The number of aromatic nitrogens is 2. The van der Waals surface area contributed by atoms with E-state index in [4.69, 9.17) is 10.5 Å². The van der Waals surface area contributed by atoms with E-state index in [1.54, 1.807) is 0 Å². The van der Waals surface area contributed by atoms with Gasteiger partial charge in [0, 0.05) is 12.0 Å². The molecular formula is C21H22N4O2. The SMILES string of the molecule is CC1(C)C[C@H](NC(=O)c2[nH]nc(N)c2-c2ccccc2)c2ccccc2O1. The summed E-state index contributed by atoms with van der Waals surface area (Å²) in [6, 6.07) is 17.2. The van der Waals surface area contributed by atoms with Crippen LogP contribution in [0.1, 0.15) is 42.4 Å². The number of carbonyl (C=O) groups excluding carboxylic acids is 1. The zero-order chi connectivity index (χ0) is 19.0. The summed E-state index contributed by atoms with van der Waals surface area (Å²) in [4.78, 5) is 13.1. The molecule has 4 N–H and O–H groups in total. The topological polar surface area (TPSA) is 93.0 Å². The Hall–Kier alpha value is -3.28. The lowest BCUT2D eigenvalue weighted by molar-refractivity contribution is 0.0618. The molecule has 6 nitrogen and oxygen atoms in total. The number of anilines is 1. The Bertz CT molecular complexity index is 979. The number of benzene rings is 2. The maximum Gasteiger partial charge on any atom is 0.270 e. The number of amides is 1. The van der Waals surface area contributed by atoms with Crippen molar-refractivity contribution in [3.8, 4) is 16.9 Å². The van der Waals surface area contributed by atoms with E-state index in [1.807, 2.05) is 68.4 Å². The molecule has 1 aliphatic heterocycles. The standard InChI is InChI=1S/C21H22N4O2/c1-21(2)12-15(14-10-6-7-11-16(14)27-21)23-20(26)18-17(19(22)25-24-18)13-8-4-3-5-9-13/h3-11,15H,12H2,1-2H3,(H,23,26)(H3,22,24,25)/t15-/m0/s1.